The van der Waals surface area contributed by atoms with E-state index in [1.54, 1.807) is 7.11 Å². The van der Waals surface area contributed by atoms with Crippen LogP contribution in [-0.2, 0) is 20.4 Å². The molecule has 36 heavy (non-hydrogen) atoms. The van der Waals surface area contributed by atoms with E-state index in [9.17, 15) is 18.0 Å². The number of rotatable bonds is 6. The van der Waals surface area contributed by atoms with Gasteiger partial charge in [-0.25, -0.2) is 0 Å². The van der Waals surface area contributed by atoms with Crippen molar-refractivity contribution in [3.8, 4) is 0 Å². The molecular formula is C26H37F3N4O3. The zero-order valence-corrected chi connectivity index (χ0v) is 21.3. The largest absolute Gasteiger partial charge is 0.418 e. The van der Waals surface area contributed by atoms with Gasteiger partial charge in [-0.1, -0.05) is 13.8 Å². The number of halogens is 3. The number of anilines is 1. The first-order valence-electron chi connectivity index (χ1n) is 13.2. The fourth-order valence-corrected chi connectivity index (χ4v) is 7.20. The number of ether oxygens (including phenoxy) is 2. The van der Waals surface area contributed by atoms with E-state index >= 15 is 0 Å². The number of hydrogen-bond donors (Lipinski definition) is 0. The maximum atomic E-state index is 14.1. The van der Waals surface area contributed by atoms with Gasteiger partial charge in [-0.15, -0.1) is 5.10 Å². The Labute approximate surface area is 210 Å². The van der Waals surface area contributed by atoms with Crippen LogP contribution in [0.15, 0.2) is 12.3 Å². The Morgan fingerprint density at radius 3 is 2.75 bits per heavy atom. The quantitative estimate of drug-likeness (QED) is 0.572. The van der Waals surface area contributed by atoms with Crippen LogP contribution < -0.4 is 4.90 Å². The number of methoxy groups -OCH3 is 1. The molecule has 0 N–H and O–H groups in total. The van der Waals surface area contributed by atoms with E-state index in [1.165, 1.54) is 0 Å². The number of hydrogen-bond acceptors (Lipinski definition) is 6. The summed E-state index contributed by atoms with van der Waals surface area (Å²) in [7, 11) is 1.75. The molecule has 0 aromatic carbocycles. The number of amides is 1. The lowest BCUT2D eigenvalue weighted by Crippen LogP contribution is -2.54. The van der Waals surface area contributed by atoms with Gasteiger partial charge in [-0.2, -0.15) is 18.3 Å². The van der Waals surface area contributed by atoms with Crippen LogP contribution in [0.4, 0.5) is 19.0 Å². The van der Waals surface area contributed by atoms with Crippen molar-refractivity contribution in [3.05, 3.63) is 17.8 Å². The topological polar surface area (TPSA) is 67.8 Å². The van der Waals surface area contributed by atoms with Crippen molar-refractivity contribution in [2.45, 2.75) is 76.7 Å². The van der Waals surface area contributed by atoms with Crippen molar-refractivity contribution >= 4 is 11.7 Å². The molecule has 0 radical (unpaired) electrons. The normalized spacial score (nSPS) is 34.7. The van der Waals surface area contributed by atoms with Gasteiger partial charge in [0.1, 0.15) is 0 Å². The molecular weight excluding hydrogens is 473 g/mol. The van der Waals surface area contributed by atoms with E-state index in [1.807, 2.05) is 9.80 Å². The van der Waals surface area contributed by atoms with E-state index in [0.29, 0.717) is 31.5 Å². The molecule has 6 atom stereocenters. The lowest BCUT2D eigenvalue weighted by atomic mass is 9.73. The molecule has 0 unspecified atom stereocenters. The molecule has 1 aromatic heterocycles. The lowest BCUT2D eigenvalue weighted by molar-refractivity contribution is -0.146. The zero-order chi connectivity index (χ0) is 25.7. The van der Waals surface area contributed by atoms with Crippen molar-refractivity contribution < 1.29 is 27.4 Å². The summed E-state index contributed by atoms with van der Waals surface area (Å²) in [6, 6.07) is 1.05. The van der Waals surface area contributed by atoms with Gasteiger partial charge in [-0.3, -0.25) is 4.79 Å². The third-order valence-electron chi connectivity index (χ3n) is 9.33. The van der Waals surface area contributed by atoms with Gasteiger partial charge in [0.2, 0.25) is 5.91 Å². The first-order chi connectivity index (χ1) is 17.1. The van der Waals surface area contributed by atoms with Crippen LogP contribution in [0.3, 0.4) is 0 Å². The highest BCUT2D eigenvalue weighted by molar-refractivity contribution is 5.84. The molecule has 10 heteroatoms. The first kappa shape index (κ1) is 25.7. The highest BCUT2D eigenvalue weighted by Crippen LogP contribution is 2.52. The average molecular weight is 511 g/mol. The molecule has 7 nitrogen and oxygen atoms in total. The Balaban J connectivity index is 1.26. The van der Waals surface area contributed by atoms with Crippen LogP contribution in [0.2, 0.25) is 0 Å². The SMILES string of the molecule is CO[C@@H]1COCC[C@@H]1C[C@@H]1CC[C@@](C(=O)N2C[C@H]3C[C@@H]2CN3c2cc(C(F)(F)F)cnn2)(C(C)C)C1. The molecule has 4 aliphatic rings. The van der Waals surface area contributed by atoms with Gasteiger partial charge in [-0.05, 0) is 62.3 Å². The molecule has 1 amide bonds. The van der Waals surface area contributed by atoms with Gasteiger partial charge in [0.05, 0.1) is 42.0 Å². The Morgan fingerprint density at radius 2 is 2.08 bits per heavy atom. The number of piperazine rings is 1. The van der Waals surface area contributed by atoms with Crippen molar-refractivity contribution in [3.63, 3.8) is 0 Å². The minimum atomic E-state index is -4.46. The fraction of sp³-hybridized carbons (Fsp3) is 0.808. The lowest BCUT2D eigenvalue weighted by Gasteiger charge is -2.42. The Morgan fingerprint density at radius 1 is 1.28 bits per heavy atom. The number of carbonyl (C=O) groups excluding carboxylic acids is 1. The molecule has 5 rings (SSSR count). The predicted octanol–water partition coefficient (Wildman–Crippen LogP) is 4.17. The molecule has 4 fully saturated rings. The van der Waals surface area contributed by atoms with Gasteiger partial charge in [0.25, 0.3) is 0 Å². The van der Waals surface area contributed by atoms with Crippen LogP contribution >= 0.6 is 0 Å². The van der Waals surface area contributed by atoms with E-state index in [-0.39, 0.29) is 41.2 Å². The zero-order valence-electron chi connectivity index (χ0n) is 21.3. The number of likely N-dealkylation sites (tertiary alicyclic amines) is 1. The second kappa shape index (κ2) is 9.74. The summed E-state index contributed by atoms with van der Waals surface area (Å²) in [6.07, 6.45) is 2.10. The number of aromatic nitrogens is 2. The van der Waals surface area contributed by atoms with E-state index in [2.05, 4.69) is 24.0 Å². The Bertz CT molecular complexity index is 961. The number of alkyl halides is 3. The fourth-order valence-electron chi connectivity index (χ4n) is 7.20. The summed E-state index contributed by atoms with van der Waals surface area (Å²) in [4.78, 5) is 18.0. The van der Waals surface area contributed by atoms with Crippen molar-refractivity contribution in [2.24, 2.45) is 23.2 Å². The highest BCUT2D eigenvalue weighted by atomic mass is 19.4. The third-order valence-corrected chi connectivity index (χ3v) is 9.33. The average Bonchev–Trinajstić information content (AvgIpc) is 3.58. The van der Waals surface area contributed by atoms with E-state index < -0.39 is 11.7 Å². The summed E-state index contributed by atoms with van der Waals surface area (Å²) in [5.74, 6) is 1.67. The van der Waals surface area contributed by atoms with E-state index in [4.69, 9.17) is 9.47 Å². The van der Waals surface area contributed by atoms with Crippen LogP contribution in [0.1, 0.15) is 57.9 Å². The smallest absolute Gasteiger partial charge is 0.379 e. The molecule has 200 valence electrons. The number of fused-ring (bicyclic) bond motifs is 2. The second-order valence-electron chi connectivity index (χ2n) is 11.5. The summed E-state index contributed by atoms with van der Waals surface area (Å²) < 4.78 is 50.8. The van der Waals surface area contributed by atoms with Crippen molar-refractivity contribution in [1.29, 1.82) is 0 Å². The second-order valence-corrected chi connectivity index (χ2v) is 11.5. The summed E-state index contributed by atoms with van der Waals surface area (Å²) in [5.41, 5.74) is -1.16. The number of nitrogens with zero attached hydrogens (tertiary/aromatic N) is 4. The maximum absolute atomic E-state index is 14.1. The van der Waals surface area contributed by atoms with Gasteiger partial charge in [0.15, 0.2) is 5.82 Å². The molecule has 1 aliphatic carbocycles. The van der Waals surface area contributed by atoms with Crippen molar-refractivity contribution in [1.82, 2.24) is 15.1 Å². The molecule has 4 heterocycles. The minimum Gasteiger partial charge on any atom is -0.379 e. The molecule has 2 bridgehead atoms. The number of carbonyl (C=O) groups is 1. The first-order valence-corrected chi connectivity index (χ1v) is 13.2. The van der Waals surface area contributed by atoms with Gasteiger partial charge in [0, 0.05) is 26.8 Å². The third kappa shape index (κ3) is 4.59. The highest BCUT2D eigenvalue weighted by Gasteiger charge is 2.54. The van der Waals surface area contributed by atoms with Crippen molar-refractivity contribution in [2.75, 3.05) is 38.3 Å². The van der Waals surface area contributed by atoms with Crippen LogP contribution in [0, 0.1) is 23.2 Å². The Kier molecular flexibility index (Phi) is 6.95. The minimum absolute atomic E-state index is 0.00174. The van der Waals surface area contributed by atoms with Gasteiger partial charge < -0.3 is 19.3 Å². The molecule has 0 spiro atoms. The summed E-state index contributed by atoms with van der Waals surface area (Å²) in [6.45, 7) is 6.77. The molecule has 1 saturated carbocycles. The molecule has 3 saturated heterocycles. The molecule has 1 aromatic rings. The monoisotopic (exact) mass is 510 g/mol. The maximum Gasteiger partial charge on any atom is 0.418 e. The van der Waals surface area contributed by atoms with E-state index in [0.717, 1.165) is 57.4 Å². The summed E-state index contributed by atoms with van der Waals surface area (Å²) in [5, 5.41) is 7.56. The van der Waals surface area contributed by atoms with Crippen LogP contribution in [0.25, 0.3) is 0 Å². The Hall–Kier alpha value is -1.94. The predicted molar refractivity (Wildman–Crippen MR) is 127 cm³/mol. The molecule has 3 aliphatic heterocycles. The summed E-state index contributed by atoms with van der Waals surface area (Å²) >= 11 is 0. The van der Waals surface area contributed by atoms with Crippen LogP contribution in [0.5, 0.6) is 0 Å². The van der Waals surface area contributed by atoms with Crippen LogP contribution in [-0.4, -0.2) is 72.6 Å². The van der Waals surface area contributed by atoms with Gasteiger partial charge >= 0.3 is 6.18 Å². The standard InChI is InChI=1S/C26H37F3N4O3/c1-16(2)25(6-4-17(11-25)8-18-5-7-36-15-22(18)35-3)24(34)33-14-20-10-21(33)13-32(20)23-9-19(12-30-31-23)26(27,28)29/h9,12,16-18,20-22H,4-8,10-11,13-15H2,1-3H3/t17-,18+,20+,21+,22+,25-/m0/s1.